The van der Waals surface area contributed by atoms with Gasteiger partial charge in [0.1, 0.15) is 11.8 Å². The molecule has 78 valence electrons. The van der Waals surface area contributed by atoms with Crippen molar-refractivity contribution < 1.29 is 15.0 Å². The SMILES string of the molecule is NC(C(=O)O)c1ccc2[nH]ccc2c1O. The fourth-order valence-electron chi connectivity index (χ4n) is 1.52. The Morgan fingerprint density at radius 2 is 2.13 bits per heavy atom. The average molecular weight is 206 g/mol. The highest BCUT2D eigenvalue weighted by Gasteiger charge is 2.19. The van der Waals surface area contributed by atoms with Gasteiger partial charge < -0.3 is 20.9 Å². The second kappa shape index (κ2) is 3.29. The molecule has 5 nitrogen and oxygen atoms in total. The van der Waals surface area contributed by atoms with E-state index in [4.69, 9.17) is 10.8 Å². The third kappa shape index (κ3) is 1.42. The van der Waals surface area contributed by atoms with E-state index in [0.29, 0.717) is 5.39 Å². The van der Waals surface area contributed by atoms with Gasteiger partial charge in [0, 0.05) is 22.7 Å². The molecule has 0 spiro atoms. The van der Waals surface area contributed by atoms with E-state index < -0.39 is 12.0 Å². The lowest BCUT2D eigenvalue weighted by Gasteiger charge is -2.09. The molecule has 5 N–H and O–H groups in total. The number of H-pyrrole nitrogens is 1. The first kappa shape index (κ1) is 9.54. The minimum Gasteiger partial charge on any atom is -0.507 e. The lowest BCUT2D eigenvalue weighted by molar-refractivity contribution is -0.138. The minimum absolute atomic E-state index is 0.0800. The van der Waals surface area contributed by atoms with Crippen LogP contribution in [0.1, 0.15) is 11.6 Å². The van der Waals surface area contributed by atoms with Crippen molar-refractivity contribution in [1.29, 1.82) is 0 Å². The van der Waals surface area contributed by atoms with Crippen LogP contribution in [0.25, 0.3) is 10.9 Å². The van der Waals surface area contributed by atoms with E-state index >= 15 is 0 Å². The highest BCUT2D eigenvalue weighted by molar-refractivity contribution is 5.89. The van der Waals surface area contributed by atoms with Crippen LogP contribution in [0.5, 0.6) is 5.75 Å². The largest absolute Gasteiger partial charge is 0.507 e. The molecule has 2 rings (SSSR count). The van der Waals surface area contributed by atoms with Gasteiger partial charge in [0.15, 0.2) is 0 Å². The van der Waals surface area contributed by atoms with Crippen molar-refractivity contribution in [3.05, 3.63) is 30.0 Å². The Morgan fingerprint density at radius 1 is 1.40 bits per heavy atom. The van der Waals surface area contributed by atoms with Gasteiger partial charge in [0.05, 0.1) is 0 Å². The average Bonchev–Trinajstić information content (AvgIpc) is 2.66. The topological polar surface area (TPSA) is 99.3 Å². The fourth-order valence-corrected chi connectivity index (χ4v) is 1.52. The first-order chi connectivity index (χ1) is 7.11. The van der Waals surface area contributed by atoms with Gasteiger partial charge in [-0.15, -0.1) is 0 Å². The summed E-state index contributed by atoms with van der Waals surface area (Å²) >= 11 is 0. The van der Waals surface area contributed by atoms with Crippen molar-refractivity contribution in [1.82, 2.24) is 4.98 Å². The molecular weight excluding hydrogens is 196 g/mol. The Bertz CT molecular complexity index is 518. The second-order valence-electron chi connectivity index (χ2n) is 3.26. The third-order valence-corrected chi connectivity index (χ3v) is 2.34. The minimum atomic E-state index is -1.20. The van der Waals surface area contributed by atoms with Gasteiger partial charge in [0.2, 0.25) is 0 Å². The number of nitrogens with two attached hydrogens (primary N) is 1. The number of phenols is 1. The zero-order valence-corrected chi connectivity index (χ0v) is 7.77. The maximum absolute atomic E-state index is 10.7. The molecule has 1 aromatic carbocycles. The molecule has 1 atom stereocenters. The smallest absolute Gasteiger partial charge is 0.325 e. The van der Waals surface area contributed by atoms with Crippen LogP contribution < -0.4 is 5.73 Å². The van der Waals surface area contributed by atoms with Crippen LogP contribution in [0.15, 0.2) is 24.4 Å². The Hall–Kier alpha value is -2.01. The molecule has 1 aromatic heterocycles. The van der Waals surface area contributed by atoms with Gasteiger partial charge in [-0.25, -0.2) is 0 Å². The predicted octanol–water partition coefficient (Wildman–Crippen LogP) is 0.958. The highest BCUT2D eigenvalue weighted by Crippen LogP contribution is 2.31. The molecule has 0 aliphatic carbocycles. The number of carboxylic acid groups (broad SMARTS) is 1. The molecule has 0 saturated heterocycles. The first-order valence-corrected chi connectivity index (χ1v) is 4.38. The molecule has 1 heterocycles. The number of hydrogen-bond acceptors (Lipinski definition) is 3. The maximum Gasteiger partial charge on any atom is 0.325 e. The van der Waals surface area contributed by atoms with Crippen molar-refractivity contribution in [3.8, 4) is 5.75 Å². The van der Waals surface area contributed by atoms with Gasteiger partial charge in [-0.3, -0.25) is 4.79 Å². The Morgan fingerprint density at radius 3 is 2.80 bits per heavy atom. The normalized spacial score (nSPS) is 12.9. The molecule has 0 fully saturated rings. The van der Waals surface area contributed by atoms with E-state index in [9.17, 15) is 9.90 Å². The molecule has 0 aliphatic heterocycles. The summed E-state index contributed by atoms with van der Waals surface area (Å²) < 4.78 is 0. The number of benzene rings is 1. The summed E-state index contributed by atoms with van der Waals surface area (Å²) in [4.78, 5) is 13.6. The molecule has 0 amide bonds. The number of fused-ring (bicyclic) bond motifs is 1. The standard InChI is InChI=1S/C10H10N2O3/c11-8(10(14)15)6-1-2-7-5(9(6)13)3-4-12-7/h1-4,8,12-13H,11H2,(H,14,15). The number of aromatic amines is 1. The number of rotatable bonds is 2. The van der Waals surface area contributed by atoms with Crippen LogP contribution in [-0.2, 0) is 4.79 Å². The molecular formula is C10H10N2O3. The lowest BCUT2D eigenvalue weighted by atomic mass is 10.0. The Labute approximate surface area is 85.1 Å². The Kier molecular flexibility index (Phi) is 2.09. The number of aliphatic carboxylic acids is 1. The van der Waals surface area contributed by atoms with E-state index in [1.807, 2.05) is 0 Å². The van der Waals surface area contributed by atoms with Gasteiger partial charge >= 0.3 is 5.97 Å². The molecule has 0 aliphatic rings. The second-order valence-corrected chi connectivity index (χ2v) is 3.26. The van der Waals surface area contributed by atoms with Crippen LogP contribution >= 0.6 is 0 Å². The number of phenolic OH excluding ortho intramolecular Hbond substituents is 1. The third-order valence-electron chi connectivity index (χ3n) is 2.34. The summed E-state index contributed by atoms with van der Waals surface area (Å²) in [7, 11) is 0. The van der Waals surface area contributed by atoms with E-state index in [-0.39, 0.29) is 11.3 Å². The highest BCUT2D eigenvalue weighted by atomic mass is 16.4. The van der Waals surface area contributed by atoms with Gasteiger partial charge in [-0.1, -0.05) is 6.07 Å². The van der Waals surface area contributed by atoms with Crippen molar-refractivity contribution in [3.63, 3.8) is 0 Å². The molecule has 2 aromatic rings. The zero-order chi connectivity index (χ0) is 11.0. The van der Waals surface area contributed by atoms with E-state index in [0.717, 1.165) is 5.52 Å². The zero-order valence-electron chi connectivity index (χ0n) is 7.77. The number of aromatic hydroxyl groups is 1. The van der Waals surface area contributed by atoms with Crippen molar-refractivity contribution in [2.75, 3.05) is 0 Å². The predicted molar refractivity (Wildman–Crippen MR) is 54.5 cm³/mol. The van der Waals surface area contributed by atoms with Crippen molar-refractivity contribution >= 4 is 16.9 Å². The number of carboxylic acids is 1. The van der Waals surface area contributed by atoms with E-state index in [1.165, 1.54) is 6.07 Å². The number of carbonyl (C=O) groups is 1. The van der Waals surface area contributed by atoms with Gasteiger partial charge in [0.25, 0.3) is 0 Å². The van der Waals surface area contributed by atoms with E-state index in [1.54, 1.807) is 18.3 Å². The van der Waals surface area contributed by atoms with Crippen LogP contribution in [-0.4, -0.2) is 21.2 Å². The van der Waals surface area contributed by atoms with Gasteiger partial charge in [-0.05, 0) is 12.1 Å². The molecule has 0 radical (unpaired) electrons. The summed E-state index contributed by atoms with van der Waals surface area (Å²) in [5.74, 6) is -1.25. The summed E-state index contributed by atoms with van der Waals surface area (Å²) in [6.07, 6.45) is 1.67. The summed E-state index contributed by atoms with van der Waals surface area (Å²) in [6.45, 7) is 0. The molecule has 0 saturated carbocycles. The van der Waals surface area contributed by atoms with Crippen LogP contribution in [0.2, 0.25) is 0 Å². The lowest BCUT2D eigenvalue weighted by Crippen LogP contribution is -2.20. The van der Waals surface area contributed by atoms with Gasteiger partial charge in [-0.2, -0.15) is 0 Å². The van der Waals surface area contributed by atoms with Crippen LogP contribution in [0.4, 0.5) is 0 Å². The monoisotopic (exact) mass is 206 g/mol. The molecule has 1 unspecified atom stereocenters. The number of hydrogen-bond donors (Lipinski definition) is 4. The van der Waals surface area contributed by atoms with Crippen molar-refractivity contribution in [2.24, 2.45) is 5.73 Å². The number of aromatic nitrogens is 1. The quantitative estimate of drug-likeness (QED) is 0.588. The van der Waals surface area contributed by atoms with Crippen molar-refractivity contribution in [2.45, 2.75) is 6.04 Å². The maximum atomic E-state index is 10.7. The van der Waals surface area contributed by atoms with Crippen LogP contribution in [0.3, 0.4) is 0 Å². The first-order valence-electron chi connectivity index (χ1n) is 4.38. The summed E-state index contributed by atoms with van der Waals surface area (Å²) in [5, 5.41) is 19.1. The number of nitrogens with one attached hydrogen (secondary N) is 1. The summed E-state index contributed by atoms with van der Waals surface area (Å²) in [6, 6.07) is 3.66. The van der Waals surface area contributed by atoms with Crippen LogP contribution in [0, 0.1) is 0 Å². The van der Waals surface area contributed by atoms with E-state index in [2.05, 4.69) is 4.98 Å². The molecule has 5 heteroatoms. The summed E-state index contributed by atoms with van der Waals surface area (Å²) in [5.41, 5.74) is 6.39. The molecule has 15 heavy (non-hydrogen) atoms. The fraction of sp³-hybridized carbons (Fsp3) is 0.100. The molecule has 0 bridgehead atoms. The Balaban J connectivity index is 2.62.